The first-order chi connectivity index (χ1) is 2.41. The molecule has 30 valence electrons. The van der Waals surface area contributed by atoms with Gasteiger partial charge in [-0.25, -0.2) is 0 Å². The molecule has 2 nitrogen and oxygen atoms in total. The van der Waals surface area contributed by atoms with Gasteiger partial charge in [0.05, 0.1) is 0 Å². The van der Waals surface area contributed by atoms with Gasteiger partial charge in [-0.15, -0.1) is 0 Å². The van der Waals surface area contributed by atoms with Crippen LogP contribution in [0.15, 0.2) is 4.51 Å². The molecule has 0 saturated heterocycles. The molecule has 0 fully saturated rings. The lowest BCUT2D eigenvalue weighted by Gasteiger charge is -1.64. The van der Waals surface area contributed by atoms with Crippen molar-refractivity contribution >= 4 is 18.0 Å². The molecular weight excluding hydrogens is 87.5 g/mol. The van der Waals surface area contributed by atoms with Crippen molar-refractivity contribution in [1.29, 1.82) is 0 Å². The highest BCUT2D eigenvalue weighted by molar-refractivity contribution is 6.17. The van der Waals surface area contributed by atoms with Crippen LogP contribution >= 0.6 is 11.8 Å². The zero-order valence-electron chi connectivity index (χ0n) is 2.69. The van der Waals surface area contributed by atoms with Crippen LogP contribution < -0.4 is 5.73 Å². The second-order valence-electron chi connectivity index (χ2n) is 0.516. The lowest BCUT2D eigenvalue weighted by Crippen LogP contribution is -1.97. The summed E-state index contributed by atoms with van der Waals surface area (Å²) in [6.45, 7) is 0.420. The molecule has 0 aliphatic rings. The third-order valence-corrected chi connectivity index (χ3v) is 0.312. The largest absolute Gasteiger partial charge is 0.326 e. The molecule has 0 saturated carbocycles. The van der Waals surface area contributed by atoms with Crippen molar-refractivity contribution in [3.05, 3.63) is 0 Å². The average molecular weight is 92.5 g/mol. The van der Waals surface area contributed by atoms with Crippen molar-refractivity contribution in [3.63, 3.8) is 0 Å². The second kappa shape index (κ2) is 3.92. The maximum absolute atomic E-state index is 4.91. The molecule has 0 heterocycles. The lowest BCUT2D eigenvalue weighted by atomic mass is 10.8. The molecule has 5 heavy (non-hydrogen) atoms. The highest BCUT2D eigenvalue weighted by Crippen LogP contribution is 1.64. The van der Waals surface area contributed by atoms with Crippen molar-refractivity contribution in [2.24, 2.45) is 10.2 Å². The van der Waals surface area contributed by atoms with E-state index >= 15 is 0 Å². The van der Waals surface area contributed by atoms with E-state index in [4.69, 9.17) is 17.5 Å². The Morgan fingerprint density at radius 2 is 2.60 bits per heavy atom. The van der Waals surface area contributed by atoms with E-state index in [1.165, 1.54) is 6.21 Å². The zero-order valence-corrected chi connectivity index (χ0v) is 3.44. The molecule has 0 spiro atoms. The summed E-state index contributed by atoms with van der Waals surface area (Å²) in [7, 11) is 0. The molecule has 0 atom stereocenters. The molecule has 2 N–H and O–H groups in total. The Labute approximate surface area is 35.8 Å². The van der Waals surface area contributed by atoms with Gasteiger partial charge in [-0.3, -0.25) is 0 Å². The van der Waals surface area contributed by atoms with Gasteiger partial charge >= 0.3 is 0 Å². The standard InChI is InChI=1S/C2H5ClN2/c3-5-2-1-4/h2H,1,4H2. The molecule has 0 amide bonds. The summed E-state index contributed by atoms with van der Waals surface area (Å²) in [6.07, 6.45) is 1.42. The number of hydrogen-bond acceptors (Lipinski definition) is 2. The molecule has 3 heteroatoms. The Kier molecular flexibility index (Phi) is 3.86. The predicted octanol–water partition coefficient (Wildman–Crippen LogP) is 0.170. The van der Waals surface area contributed by atoms with Gasteiger partial charge < -0.3 is 5.73 Å². The minimum absolute atomic E-state index is 0.420. The van der Waals surface area contributed by atoms with E-state index in [0.717, 1.165) is 0 Å². The maximum atomic E-state index is 4.91. The smallest absolute Gasteiger partial charge is 0.0362 e. The fraction of sp³-hybridized carbons (Fsp3) is 0.500. The van der Waals surface area contributed by atoms with Gasteiger partial charge in [0, 0.05) is 24.5 Å². The lowest BCUT2D eigenvalue weighted by molar-refractivity contribution is 1.34. The first-order valence-corrected chi connectivity index (χ1v) is 1.58. The number of rotatable bonds is 1. The molecular formula is C2H5ClN2. The van der Waals surface area contributed by atoms with Crippen molar-refractivity contribution in [3.8, 4) is 0 Å². The molecule has 0 unspecified atom stereocenters. The first kappa shape index (κ1) is 4.92. The van der Waals surface area contributed by atoms with Crippen molar-refractivity contribution in [1.82, 2.24) is 0 Å². The number of halogens is 1. The van der Waals surface area contributed by atoms with Crippen molar-refractivity contribution in [2.75, 3.05) is 6.54 Å². The molecule has 0 radical (unpaired) electrons. The minimum atomic E-state index is 0.420. The van der Waals surface area contributed by atoms with E-state index in [2.05, 4.69) is 4.51 Å². The quantitative estimate of drug-likeness (QED) is 0.460. The molecule has 0 aliphatic heterocycles. The van der Waals surface area contributed by atoms with Gasteiger partial charge in [-0.1, -0.05) is 0 Å². The Balaban J connectivity index is 2.62. The summed E-state index contributed by atoms with van der Waals surface area (Å²) in [4.78, 5) is 0. The molecule has 0 aromatic carbocycles. The molecule has 0 aromatic heterocycles. The zero-order chi connectivity index (χ0) is 4.12. The van der Waals surface area contributed by atoms with E-state index in [1.54, 1.807) is 0 Å². The third-order valence-electron chi connectivity index (χ3n) is 0.174. The topological polar surface area (TPSA) is 38.4 Å². The second-order valence-corrected chi connectivity index (χ2v) is 0.711. The van der Waals surface area contributed by atoms with Gasteiger partial charge in [-0.2, -0.15) is 4.51 Å². The Morgan fingerprint density at radius 1 is 2.00 bits per heavy atom. The highest BCUT2D eigenvalue weighted by Gasteiger charge is 1.54. The number of hydrogen-bond donors (Lipinski definition) is 1. The van der Waals surface area contributed by atoms with Crippen LogP contribution in [0.25, 0.3) is 0 Å². The summed E-state index contributed by atoms with van der Waals surface area (Å²) >= 11 is 4.79. The Hall–Kier alpha value is -0.0800. The van der Waals surface area contributed by atoms with E-state index in [9.17, 15) is 0 Å². The summed E-state index contributed by atoms with van der Waals surface area (Å²) in [5.74, 6) is 0. The number of nitrogens with zero attached hydrogens (tertiary/aromatic N) is 1. The third kappa shape index (κ3) is 3.92. The molecule has 0 bridgehead atoms. The van der Waals surface area contributed by atoms with Gasteiger partial charge in [0.25, 0.3) is 0 Å². The van der Waals surface area contributed by atoms with Crippen LogP contribution in [0.5, 0.6) is 0 Å². The Morgan fingerprint density at radius 3 is 2.60 bits per heavy atom. The fourth-order valence-electron chi connectivity index (χ4n) is 0.0398. The van der Waals surface area contributed by atoms with Gasteiger partial charge in [0.15, 0.2) is 0 Å². The summed E-state index contributed by atoms with van der Waals surface area (Å²) < 4.78 is 3.08. The van der Waals surface area contributed by atoms with Crippen LogP contribution in [0, 0.1) is 0 Å². The highest BCUT2D eigenvalue weighted by atomic mass is 35.5. The molecule has 0 aliphatic carbocycles. The average Bonchev–Trinajstić information content (AvgIpc) is 1.41. The van der Waals surface area contributed by atoms with Crippen LogP contribution in [0.3, 0.4) is 0 Å². The fourth-order valence-corrected chi connectivity index (χ4v) is 0.120. The van der Waals surface area contributed by atoms with Gasteiger partial charge in [0.1, 0.15) is 0 Å². The van der Waals surface area contributed by atoms with Crippen molar-refractivity contribution in [2.45, 2.75) is 0 Å². The summed E-state index contributed by atoms with van der Waals surface area (Å²) in [5.41, 5.74) is 4.91. The van der Waals surface area contributed by atoms with E-state index in [0.29, 0.717) is 6.54 Å². The number of nitrogens with two attached hydrogens (primary N) is 1. The predicted molar refractivity (Wildman–Crippen MR) is 23.4 cm³/mol. The SMILES string of the molecule is NCC=NCl. The maximum Gasteiger partial charge on any atom is 0.0362 e. The Bertz CT molecular complexity index is 34.6. The molecule has 0 rings (SSSR count). The van der Waals surface area contributed by atoms with Crippen molar-refractivity contribution < 1.29 is 0 Å². The van der Waals surface area contributed by atoms with E-state index in [1.807, 2.05) is 0 Å². The van der Waals surface area contributed by atoms with E-state index in [-0.39, 0.29) is 0 Å². The van der Waals surface area contributed by atoms with Crippen LogP contribution in [0.4, 0.5) is 0 Å². The van der Waals surface area contributed by atoms with Crippen LogP contribution in [0.1, 0.15) is 0 Å². The monoisotopic (exact) mass is 92.0 g/mol. The van der Waals surface area contributed by atoms with Crippen LogP contribution in [-0.2, 0) is 0 Å². The first-order valence-electron chi connectivity index (χ1n) is 1.24. The summed E-state index contributed by atoms with van der Waals surface area (Å²) in [5, 5.41) is 0. The van der Waals surface area contributed by atoms with E-state index < -0.39 is 0 Å². The van der Waals surface area contributed by atoms with Gasteiger partial charge in [0.2, 0.25) is 0 Å². The van der Waals surface area contributed by atoms with Crippen LogP contribution in [-0.4, -0.2) is 12.8 Å². The normalized spacial score (nSPS) is 10.0. The molecule has 0 aromatic rings. The summed E-state index contributed by atoms with van der Waals surface area (Å²) in [6, 6.07) is 0. The van der Waals surface area contributed by atoms with Crippen LogP contribution in [0.2, 0.25) is 0 Å². The minimum Gasteiger partial charge on any atom is -0.326 e. The van der Waals surface area contributed by atoms with Gasteiger partial charge in [-0.05, 0) is 0 Å².